The Balaban J connectivity index is 2.16. The third-order valence-electron chi connectivity index (χ3n) is 3.48. The van der Waals surface area contributed by atoms with Crippen molar-refractivity contribution in [3.8, 4) is 16.9 Å². The van der Waals surface area contributed by atoms with E-state index in [2.05, 4.69) is 0 Å². The third-order valence-corrected chi connectivity index (χ3v) is 3.48. The Morgan fingerprint density at radius 2 is 1.87 bits per heavy atom. The SMILES string of the molecule is COCCOC(=O)C=Cc1cccc(-c2ccc(O)cc2)c1C. The van der Waals surface area contributed by atoms with E-state index in [-0.39, 0.29) is 12.4 Å². The monoisotopic (exact) mass is 312 g/mol. The van der Waals surface area contributed by atoms with Crippen molar-refractivity contribution in [2.45, 2.75) is 6.92 Å². The van der Waals surface area contributed by atoms with Crippen LogP contribution in [0.3, 0.4) is 0 Å². The van der Waals surface area contributed by atoms with Crippen molar-refractivity contribution in [3.63, 3.8) is 0 Å². The summed E-state index contributed by atoms with van der Waals surface area (Å²) in [5.74, 6) is -0.155. The lowest BCUT2D eigenvalue weighted by Gasteiger charge is -2.09. The minimum absolute atomic E-state index is 0.237. The second kappa shape index (κ2) is 8.15. The number of hydrogen-bond donors (Lipinski definition) is 1. The van der Waals surface area contributed by atoms with Gasteiger partial charge >= 0.3 is 5.97 Å². The highest BCUT2D eigenvalue weighted by molar-refractivity contribution is 5.88. The zero-order chi connectivity index (χ0) is 16.7. The second-order valence-electron chi connectivity index (χ2n) is 5.06. The Morgan fingerprint density at radius 3 is 2.57 bits per heavy atom. The molecule has 0 aliphatic heterocycles. The molecule has 0 bridgehead atoms. The number of ether oxygens (including phenoxy) is 2. The van der Waals surface area contributed by atoms with Crippen LogP contribution >= 0.6 is 0 Å². The first kappa shape index (κ1) is 16.8. The molecule has 0 fully saturated rings. The molecule has 0 spiro atoms. The Labute approximate surface area is 136 Å². The lowest BCUT2D eigenvalue weighted by molar-refractivity contribution is -0.138. The fourth-order valence-electron chi connectivity index (χ4n) is 2.22. The number of aromatic hydroxyl groups is 1. The molecule has 0 saturated heterocycles. The van der Waals surface area contributed by atoms with E-state index in [4.69, 9.17) is 9.47 Å². The summed E-state index contributed by atoms with van der Waals surface area (Å²) in [6, 6.07) is 12.9. The summed E-state index contributed by atoms with van der Waals surface area (Å²) in [5.41, 5.74) is 4.07. The van der Waals surface area contributed by atoms with E-state index in [1.165, 1.54) is 6.08 Å². The molecular formula is C19H20O4. The molecule has 23 heavy (non-hydrogen) atoms. The normalized spacial score (nSPS) is 10.9. The molecule has 2 rings (SSSR count). The highest BCUT2D eigenvalue weighted by Gasteiger charge is 2.05. The summed E-state index contributed by atoms with van der Waals surface area (Å²) >= 11 is 0. The minimum Gasteiger partial charge on any atom is -0.508 e. The van der Waals surface area contributed by atoms with Crippen LogP contribution in [0.15, 0.2) is 48.5 Å². The molecule has 4 heteroatoms. The van der Waals surface area contributed by atoms with Crippen molar-refractivity contribution in [2.24, 2.45) is 0 Å². The number of carbonyl (C=O) groups excluding carboxylic acids is 1. The van der Waals surface area contributed by atoms with Crippen molar-refractivity contribution < 1.29 is 19.4 Å². The molecule has 0 aliphatic rings. The molecule has 4 nitrogen and oxygen atoms in total. The number of phenols is 1. The maximum absolute atomic E-state index is 11.6. The van der Waals surface area contributed by atoms with Crippen LogP contribution < -0.4 is 0 Å². The second-order valence-corrected chi connectivity index (χ2v) is 5.06. The Kier molecular flexibility index (Phi) is 5.94. The van der Waals surface area contributed by atoms with Gasteiger partial charge in [-0.3, -0.25) is 0 Å². The maximum atomic E-state index is 11.6. The average molecular weight is 312 g/mol. The number of methoxy groups -OCH3 is 1. The van der Waals surface area contributed by atoms with Crippen LogP contribution in [-0.2, 0) is 14.3 Å². The Morgan fingerprint density at radius 1 is 1.13 bits per heavy atom. The molecule has 0 amide bonds. The molecule has 120 valence electrons. The lowest BCUT2D eigenvalue weighted by Crippen LogP contribution is -2.06. The van der Waals surface area contributed by atoms with E-state index in [1.807, 2.05) is 37.3 Å². The molecule has 0 aliphatic carbocycles. The van der Waals surface area contributed by atoms with Gasteiger partial charge in [0.05, 0.1) is 6.61 Å². The van der Waals surface area contributed by atoms with Gasteiger partial charge in [0.15, 0.2) is 0 Å². The van der Waals surface area contributed by atoms with E-state index < -0.39 is 5.97 Å². The van der Waals surface area contributed by atoms with E-state index >= 15 is 0 Å². The molecule has 0 radical (unpaired) electrons. The molecule has 0 unspecified atom stereocenters. The number of esters is 1. The van der Waals surface area contributed by atoms with Gasteiger partial charge in [0, 0.05) is 13.2 Å². The first-order valence-corrected chi connectivity index (χ1v) is 7.34. The zero-order valence-electron chi connectivity index (χ0n) is 13.3. The average Bonchev–Trinajstić information content (AvgIpc) is 2.55. The zero-order valence-corrected chi connectivity index (χ0v) is 13.3. The Hall–Kier alpha value is -2.59. The van der Waals surface area contributed by atoms with Gasteiger partial charge in [0.2, 0.25) is 0 Å². The largest absolute Gasteiger partial charge is 0.508 e. The van der Waals surface area contributed by atoms with Crippen LogP contribution in [-0.4, -0.2) is 31.4 Å². The van der Waals surface area contributed by atoms with Crippen LogP contribution in [0, 0.1) is 6.92 Å². The highest BCUT2D eigenvalue weighted by Crippen LogP contribution is 2.27. The van der Waals surface area contributed by atoms with Crippen molar-refractivity contribution in [1.82, 2.24) is 0 Å². The molecule has 0 saturated carbocycles. The van der Waals surface area contributed by atoms with Crippen molar-refractivity contribution in [1.29, 1.82) is 0 Å². The van der Waals surface area contributed by atoms with Gasteiger partial charge in [0.1, 0.15) is 12.4 Å². The van der Waals surface area contributed by atoms with Crippen molar-refractivity contribution >= 4 is 12.0 Å². The van der Waals surface area contributed by atoms with E-state index in [1.54, 1.807) is 25.3 Å². The summed E-state index contributed by atoms with van der Waals surface area (Å²) in [6.45, 7) is 2.62. The minimum atomic E-state index is -0.392. The van der Waals surface area contributed by atoms with Gasteiger partial charge in [-0.25, -0.2) is 4.79 Å². The summed E-state index contributed by atoms with van der Waals surface area (Å²) in [7, 11) is 1.56. The molecule has 0 atom stereocenters. The highest BCUT2D eigenvalue weighted by atomic mass is 16.6. The number of rotatable bonds is 6. The molecule has 1 N–H and O–H groups in total. The predicted octanol–water partition coefficient (Wildman–Crippen LogP) is 3.57. The van der Waals surface area contributed by atoms with E-state index in [0.29, 0.717) is 6.61 Å². The molecule has 0 aromatic heterocycles. The van der Waals surface area contributed by atoms with Gasteiger partial charge in [-0.05, 0) is 47.4 Å². The summed E-state index contributed by atoms with van der Waals surface area (Å²) in [5, 5.41) is 9.39. The van der Waals surface area contributed by atoms with E-state index in [0.717, 1.165) is 22.3 Å². The molecule has 2 aromatic carbocycles. The first-order valence-electron chi connectivity index (χ1n) is 7.34. The van der Waals surface area contributed by atoms with Gasteiger partial charge in [-0.2, -0.15) is 0 Å². The van der Waals surface area contributed by atoms with E-state index in [9.17, 15) is 9.90 Å². The number of hydrogen-bond acceptors (Lipinski definition) is 4. The van der Waals surface area contributed by atoms with Gasteiger partial charge in [0.25, 0.3) is 0 Å². The molecule has 0 heterocycles. The Bertz CT molecular complexity index is 687. The van der Waals surface area contributed by atoms with Gasteiger partial charge < -0.3 is 14.6 Å². The van der Waals surface area contributed by atoms with Crippen molar-refractivity contribution in [2.75, 3.05) is 20.3 Å². The topological polar surface area (TPSA) is 55.8 Å². The van der Waals surface area contributed by atoms with Crippen LogP contribution in [0.5, 0.6) is 5.75 Å². The maximum Gasteiger partial charge on any atom is 0.330 e. The van der Waals surface area contributed by atoms with Gasteiger partial charge in [-0.1, -0.05) is 30.3 Å². The summed E-state index contributed by atoms with van der Waals surface area (Å²) in [4.78, 5) is 11.6. The quantitative estimate of drug-likeness (QED) is 0.503. The lowest BCUT2D eigenvalue weighted by atomic mass is 9.96. The first-order chi connectivity index (χ1) is 11.1. The standard InChI is InChI=1S/C19H20O4/c1-14-15(8-11-19(21)23-13-12-22-2)4-3-5-18(14)16-6-9-17(20)10-7-16/h3-11,20H,12-13H2,1-2H3. The van der Waals surface area contributed by atoms with Crippen molar-refractivity contribution in [3.05, 3.63) is 59.7 Å². The smallest absolute Gasteiger partial charge is 0.330 e. The third kappa shape index (κ3) is 4.69. The fourth-order valence-corrected chi connectivity index (χ4v) is 2.22. The molecular weight excluding hydrogens is 292 g/mol. The van der Waals surface area contributed by atoms with Gasteiger partial charge in [-0.15, -0.1) is 0 Å². The predicted molar refractivity (Wildman–Crippen MR) is 90.1 cm³/mol. The van der Waals surface area contributed by atoms with Crippen LogP contribution in [0.1, 0.15) is 11.1 Å². The van der Waals surface area contributed by atoms with Crippen LogP contribution in [0.25, 0.3) is 17.2 Å². The number of benzene rings is 2. The molecule has 2 aromatic rings. The van der Waals surface area contributed by atoms with Crippen LogP contribution in [0.4, 0.5) is 0 Å². The van der Waals surface area contributed by atoms with Crippen LogP contribution in [0.2, 0.25) is 0 Å². The summed E-state index contributed by atoms with van der Waals surface area (Å²) in [6.07, 6.45) is 3.16. The fraction of sp³-hybridized carbons (Fsp3) is 0.211. The number of phenolic OH excluding ortho intramolecular Hbond substituents is 1. The number of carbonyl (C=O) groups is 1. The summed E-state index contributed by atoms with van der Waals surface area (Å²) < 4.78 is 9.82.